The van der Waals surface area contributed by atoms with Gasteiger partial charge in [-0.05, 0) is 48.6 Å². The normalized spacial score (nSPS) is 25.9. The second-order valence-corrected chi connectivity index (χ2v) is 7.24. The van der Waals surface area contributed by atoms with E-state index in [9.17, 15) is 4.79 Å². The molecule has 2 aromatic carbocycles. The first-order valence-electron chi connectivity index (χ1n) is 7.31. The van der Waals surface area contributed by atoms with Gasteiger partial charge in [0.25, 0.3) is 0 Å². The fraction of sp³-hybridized carbons (Fsp3) is 0.353. The third-order valence-electron chi connectivity index (χ3n) is 4.26. The Balaban J connectivity index is 1.77. The number of nitrogens with two attached hydrogens (primary N) is 2. The molecule has 3 rings (SSSR count). The highest BCUT2D eigenvalue weighted by Crippen LogP contribution is 2.38. The van der Waals surface area contributed by atoms with E-state index in [4.69, 9.17) is 11.5 Å². The van der Waals surface area contributed by atoms with Gasteiger partial charge in [0.1, 0.15) is 0 Å². The highest BCUT2D eigenvalue weighted by molar-refractivity contribution is 8.00. The van der Waals surface area contributed by atoms with Crippen molar-refractivity contribution in [3.63, 3.8) is 0 Å². The third kappa shape index (κ3) is 3.06. The maximum atomic E-state index is 11.5. The van der Waals surface area contributed by atoms with Gasteiger partial charge in [0.15, 0.2) is 0 Å². The van der Waals surface area contributed by atoms with Crippen molar-refractivity contribution in [2.45, 2.75) is 41.4 Å². The van der Waals surface area contributed by atoms with Crippen LogP contribution in [0.15, 0.2) is 47.4 Å². The summed E-state index contributed by atoms with van der Waals surface area (Å²) < 4.78 is 0. The van der Waals surface area contributed by atoms with Crippen LogP contribution in [0.2, 0.25) is 0 Å². The van der Waals surface area contributed by atoms with E-state index in [-0.39, 0.29) is 5.91 Å². The predicted octanol–water partition coefficient (Wildman–Crippen LogP) is 3.06. The highest BCUT2D eigenvalue weighted by atomic mass is 32.2. The zero-order valence-corrected chi connectivity index (χ0v) is 12.7. The molecule has 0 saturated heterocycles. The molecule has 0 aromatic heterocycles. The molecule has 0 heterocycles. The maximum Gasteiger partial charge on any atom is 0.237 e. The molecule has 0 aliphatic heterocycles. The molecule has 1 fully saturated rings. The molecule has 1 amide bonds. The van der Waals surface area contributed by atoms with Gasteiger partial charge in [0, 0.05) is 10.1 Å². The number of rotatable bonds is 3. The largest absolute Gasteiger partial charge is 0.368 e. The molecular formula is C17H20N2OS. The van der Waals surface area contributed by atoms with E-state index in [1.165, 1.54) is 15.7 Å². The van der Waals surface area contributed by atoms with Gasteiger partial charge in [-0.3, -0.25) is 4.79 Å². The first-order chi connectivity index (χ1) is 10.1. The molecule has 21 heavy (non-hydrogen) atoms. The molecular weight excluding hydrogens is 280 g/mol. The van der Waals surface area contributed by atoms with E-state index in [2.05, 4.69) is 36.4 Å². The zero-order valence-electron chi connectivity index (χ0n) is 11.9. The van der Waals surface area contributed by atoms with Crippen LogP contribution >= 0.6 is 11.8 Å². The molecule has 1 aliphatic carbocycles. The number of amides is 1. The van der Waals surface area contributed by atoms with Crippen molar-refractivity contribution in [1.29, 1.82) is 0 Å². The Morgan fingerprint density at radius 3 is 2.71 bits per heavy atom. The SMILES string of the molecule is NC(=O)C1(N)CCCC(Sc2ccc3ccccc3c2)C1. The predicted molar refractivity (Wildman–Crippen MR) is 88.2 cm³/mol. The number of carbonyl (C=O) groups is 1. The molecule has 110 valence electrons. The van der Waals surface area contributed by atoms with E-state index in [0.29, 0.717) is 18.1 Å². The standard InChI is InChI=1S/C17H20N2OS/c18-16(20)17(19)9-3-6-15(11-17)21-14-8-7-12-4-1-2-5-13(12)10-14/h1-2,4-5,7-8,10,15H,3,6,9,11,19H2,(H2,18,20). The molecule has 0 radical (unpaired) electrons. The summed E-state index contributed by atoms with van der Waals surface area (Å²) in [5, 5.41) is 2.85. The summed E-state index contributed by atoms with van der Waals surface area (Å²) >= 11 is 1.81. The van der Waals surface area contributed by atoms with Crippen LogP contribution in [0.3, 0.4) is 0 Å². The Morgan fingerprint density at radius 2 is 1.95 bits per heavy atom. The van der Waals surface area contributed by atoms with Crippen molar-refractivity contribution in [3.8, 4) is 0 Å². The molecule has 0 bridgehead atoms. The lowest BCUT2D eigenvalue weighted by Crippen LogP contribution is -2.55. The van der Waals surface area contributed by atoms with Crippen molar-refractivity contribution in [2.24, 2.45) is 11.5 Å². The van der Waals surface area contributed by atoms with Gasteiger partial charge in [-0.25, -0.2) is 0 Å². The third-order valence-corrected chi connectivity index (χ3v) is 5.52. The van der Waals surface area contributed by atoms with E-state index in [1.54, 1.807) is 0 Å². The molecule has 4 N–H and O–H groups in total. The topological polar surface area (TPSA) is 69.1 Å². The Bertz CT molecular complexity index is 673. The van der Waals surface area contributed by atoms with E-state index in [0.717, 1.165) is 12.8 Å². The summed E-state index contributed by atoms with van der Waals surface area (Å²) in [6.07, 6.45) is 3.42. The number of hydrogen-bond acceptors (Lipinski definition) is 3. The fourth-order valence-corrected chi connectivity index (χ4v) is 4.40. The molecule has 1 saturated carbocycles. The number of carbonyl (C=O) groups excluding carboxylic acids is 1. The van der Waals surface area contributed by atoms with Crippen molar-refractivity contribution < 1.29 is 4.79 Å². The van der Waals surface area contributed by atoms with Crippen molar-refractivity contribution in [1.82, 2.24) is 0 Å². The number of benzene rings is 2. The average molecular weight is 300 g/mol. The van der Waals surface area contributed by atoms with Crippen LogP contribution in [0.5, 0.6) is 0 Å². The van der Waals surface area contributed by atoms with Crippen LogP contribution in [0.1, 0.15) is 25.7 Å². The summed E-state index contributed by atoms with van der Waals surface area (Å²) in [5.74, 6) is -0.369. The summed E-state index contributed by atoms with van der Waals surface area (Å²) in [6.45, 7) is 0. The smallest absolute Gasteiger partial charge is 0.237 e. The summed E-state index contributed by atoms with van der Waals surface area (Å²) in [6, 6.07) is 14.8. The Labute approximate surface area is 129 Å². The van der Waals surface area contributed by atoms with Gasteiger partial charge in [-0.15, -0.1) is 11.8 Å². The second kappa shape index (κ2) is 5.70. The van der Waals surface area contributed by atoms with E-state index in [1.807, 2.05) is 17.8 Å². The molecule has 2 unspecified atom stereocenters. The molecule has 2 aromatic rings. The summed E-state index contributed by atoms with van der Waals surface area (Å²) in [5.41, 5.74) is 10.8. The molecule has 2 atom stereocenters. The number of thioether (sulfide) groups is 1. The number of primary amides is 1. The van der Waals surface area contributed by atoms with Gasteiger partial charge >= 0.3 is 0 Å². The number of hydrogen-bond donors (Lipinski definition) is 2. The minimum Gasteiger partial charge on any atom is -0.368 e. The van der Waals surface area contributed by atoms with E-state index < -0.39 is 5.54 Å². The van der Waals surface area contributed by atoms with Gasteiger partial charge in [0.2, 0.25) is 5.91 Å². The fourth-order valence-electron chi connectivity index (χ4n) is 3.01. The lowest BCUT2D eigenvalue weighted by atomic mass is 9.82. The maximum absolute atomic E-state index is 11.5. The lowest BCUT2D eigenvalue weighted by Gasteiger charge is -2.35. The zero-order chi connectivity index (χ0) is 14.9. The van der Waals surface area contributed by atoms with Crippen LogP contribution in [0, 0.1) is 0 Å². The molecule has 1 aliphatic rings. The van der Waals surface area contributed by atoms with Gasteiger partial charge < -0.3 is 11.5 Å². The highest BCUT2D eigenvalue weighted by Gasteiger charge is 2.38. The quantitative estimate of drug-likeness (QED) is 0.915. The van der Waals surface area contributed by atoms with Gasteiger partial charge in [-0.2, -0.15) is 0 Å². The second-order valence-electron chi connectivity index (χ2n) is 5.87. The molecule has 4 heteroatoms. The minimum absolute atomic E-state index is 0.359. The van der Waals surface area contributed by atoms with Crippen LogP contribution in [0.25, 0.3) is 10.8 Å². The first-order valence-corrected chi connectivity index (χ1v) is 8.19. The van der Waals surface area contributed by atoms with Crippen LogP contribution in [-0.2, 0) is 4.79 Å². The molecule has 0 spiro atoms. The average Bonchev–Trinajstić information content (AvgIpc) is 2.47. The van der Waals surface area contributed by atoms with Gasteiger partial charge in [-0.1, -0.05) is 30.3 Å². The van der Waals surface area contributed by atoms with Crippen molar-refractivity contribution >= 4 is 28.4 Å². The Kier molecular flexibility index (Phi) is 3.91. The minimum atomic E-state index is -0.827. The Morgan fingerprint density at radius 1 is 1.19 bits per heavy atom. The van der Waals surface area contributed by atoms with Crippen LogP contribution in [0.4, 0.5) is 0 Å². The van der Waals surface area contributed by atoms with E-state index >= 15 is 0 Å². The lowest BCUT2D eigenvalue weighted by molar-refractivity contribution is -0.124. The van der Waals surface area contributed by atoms with Crippen molar-refractivity contribution in [3.05, 3.63) is 42.5 Å². The first kappa shape index (κ1) is 14.4. The number of fused-ring (bicyclic) bond motifs is 1. The molecule has 3 nitrogen and oxygen atoms in total. The monoisotopic (exact) mass is 300 g/mol. The Hall–Kier alpha value is -1.52. The van der Waals surface area contributed by atoms with Gasteiger partial charge in [0.05, 0.1) is 5.54 Å². The summed E-state index contributed by atoms with van der Waals surface area (Å²) in [7, 11) is 0. The summed E-state index contributed by atoms with van der Waals surface area (Å²) in [4.78, 5) is 12.8. The van der Waals surface area contributed by atoms with Crippen LogP contribution < -0.4 is 11.5 Å². The van der Waals surface area contributed by atoms with Crippen molar-refractivity contribution in [2.75, 3.05) is 0 Å². The van der Waals surface area contributed by atoms with Crippen LogP contribution in [-0.4, -0.2) is 16.7 Å².